The molecule has 1 heterocycles. The molecule has 0 spiro atoms. The van der Waals surface area contributed by atoms with Gasteiger partial charge >= 0.3 is 0 Å². The largest absolute Gasteiger partial charge is 0.465 e. The number of hydrogen-bond acceptors (Lipinski definition) is 4. The Bertz CT molecular complexity index is 658. The van der Waals surface area contributed by atoms with Crippen LogP contribution in [0.15, 0.2) is 52.7 Å². The van der Waals surface area contributed by atoms with Gasteiger partial charge in [0.2, 0.25) is 0 Å². The summed E-state index contributed by atoms with van der Waals surface area (Å²) in [5.74, 6) is 5.96. The number of nitrogens with two attached hydrogens (primary N) is 1. The summed E-state index contributed by atoms with van der Waals surface area (Å²) in [5.41, 5.74) is 4.78. The van der Waals surface area contributed by atoms with Gasteiger partial charge in [-0.1, -0.05) is 42.0 Å². The molecule has 0 fully saturated rings. The highest BCUT2D eigenvalue weighted by molar-refractivity contribution is 7.80. The van der Waals surface area contributed by atoms with E-state index in [1.807, 2.05) is 19.1 Å². The molecule has 0 atom stereocenters. The van der Waals surface area contributed by atoms with E-state index in [4.69, 9.17) is 22.5 Å². The van der Waals surface area contributed by atoms with Crippen LogP contribution in [0.2, 0.25) is 0 Å². The van der Waals surface area contributed by atoms with Gasteiger partial charge in [-0.15, -0.1) is 0 Å². The van der Waals surface area contributed by atoms with Crippen molar-refractivity contribution in [3.8, 4) is 0 Å². The van der Waals surface area contributed by atoms with Crippen molar-refractivity contribution < 1.29 is 9.21 Å². The molecule has 0 aliphatic rings. The molecular weight excluding hydrogens is 284 g/mol. The average molecular weight is 300 g/mol. The molecule has 0 unspecified atom stereocenters. The fourth-order valence-electron chi connectivity index (χ4n) is 1.85. The number of thiocarbonyl (C=S) groups is 1. The Kier molecular flexibility index (Phi) is 5.03. The Labute approximate surface area is 128 Å². The standard InChI is InChI=1S/C16H16N2O2S/c1-11-4-6-12(7-5-11)15(19)10-13(16(21)18-17)9-14-3-2-8-20-14/h2-9H,10,17H2,1H3,(H,18,21)/b13-9-. The zero-order valence-electron chi connectivity index (χ0n) is 11.6. The van der Waals surface area contributed by atoms with Crippen molar-refractivity contribution in [2.24, 2.45) is 5.84 Å². The molecule has 0 radical (unpaired) electrons. The van der Waals surface area contributed by atoms with Crippen LogP contribution in [0.25, 0.3) is 6.08 Å². The van der Waals surface area contributed by atoms with Crippen molar-refractivity contribution in [2.45, 2.75) is 13.3 Å². The number of nitrogens with one attached hydrogen (secondary N) is 1. The predicted octanol–water partition coefficient (Wildman–Crippen LogP) is 3.04. The van der Waals surface area contributed by atoms with Gasteiger partial charge in [-0.05, 0) is 30.7 Å². The van der Waals surface area contributed by atoms with Crippen LogP contribution in [0.1, 0.15) is 28.1 Å². The number of hydrazine groups is 1. The van der Waals surface area contributed by atoms with Crippen molar-refractivity contribution in [3.63, 3.8) is 0 Å². The minimum absolute atomic E-state index is 0.0228. The third-order valence-corrected chi connectivity index (χ3v) is 3.39. The van der Waals surface area contributed by atoms with E-state index in [1.165, 1.54) is 0 Å². The maximum Gasteiger partial charge on any atom is 0.167 e. The molecule has 5 heteroatoms. The Morgan fingerprint density at radius 3 is 2.62 bits per heavy atom. The summed E-state index contributed by atoms with van der Waals surface area (Å²) in [4.78, 5) is 12.6. The number of ketones is 1. The van der Waals surface area contributed by atoms with Gasteiger partial charge in [0.05, 0.1) is 6.26 Å². The van der Waals surface area contributed by atoms with Crippen molar-refractivity contribution >= 4 is 29.1 Å². The highest BCUT2D eigenvalue weighted by Gasteiger charge is 2.13. The van der Waals surface area contributed by atoms with Gasteiger partial charge < -0.3 is 9.84 Å². The molecule has 0 bridgehead atoms. The maximum absolute atomic E-state index is 12.3. The molecule has 21 heavy (non-hydrogen) atoms. The first-order valence-electron chi connectivity index (χ1n) is 6.45. The molecule has 1 aromatic heterocycles. The topological polar surface area (TPSA) is 68.3 Å². The molecule has 0 aliphatic heterocycles. The van der Waals surface area contributed by atoms with Crippen LogP contribution in [0.3, 0.4) is 0 Å². The summed E-state index contributed by atoms with van der Waals surface area (Å²) in [5, 5.41) is 0. The smallest absolute Gasteiger partial charge is 0.167 e. The predicted molar refractivity (Wildman–Crippen MR) is 86.7 cm³/mol. The zero-order chi connectivity index (χ0) is 15.2. The quantitative estimate of drug-likeness (QED) is 0.292. The second-order valence-corrected chi connectivity index (χ2v) is 5.03. The molecule has 2 aromatic rings. The Balaban J connectivity index is 2.21. The normalized spacial score (nSPS) is 11.2. The highest BCUT2D eigenvalue weighted by atomic mass is 32.1. The van der Waals surface area contributed by atoms with Crippen molar-refractivity contribution in [3.05, 3.63) is 65.1 Å². The Morgan fingerprint density at radius 1 is 1.33 bits per heavy atom. The Morgan fingerprint density at radius 2 is 2.05 bits per heavy atom. The summed E-state index contributed by atoms with van der Waals surface area (Å²) in [7, 11) is 0. The van der Waals surface area contributed by atoms with Gasteiger partial charge in [-0.3, -0.25) is 4.79 Å². The lowest BCUT2D eigenvalue weighted by atomic mass is 10.0. The Hall–Kier alpha value is -2.24. The fourth-order valence-corrected chi connectivity index (χ4v) is 1.98. The molecular formula is C16H16N2O2S. The van der Waals surface area contributed by atoms with E-state index in [0.717, 1.165) is 5.56 Å². The molecule has 3 N–H and O–H groups in total. The van der Waals surface area contributed by atoms with E-state index in [9.17, 15) is 4.79 Å². The summed E-state index contributed by atoms with van der Waals surface area (Å²) in [6, 6.07) is 11.0. The first kappa shape index (κ1) is 15.2. The number of furan rings is 1. The SMILES string of the molecule is Cc1ccc(C(=O)C/C(=C/c2ccco2)C(=S)NN)cc1. The minimum atomic E-state index is -0.0228. The average Bonchev–Trinajstić information content (AvgIpc) is 2.99. The first-order valence-corrected chi connectivity index (χ1v) is 6.86. The van der Waals surface area contributed by atoms with Gasteiger partial charge in [-0.25, -0.2) is 5.84 Å². The number of rotatable bonds is 5. The second-order valence-electron chi connectivity index (χ2n) is 4.62. The summed E-state index contributed by atoms with van der Waals surface area (Å²) < 4.78 is 5.25. The van der Waals surface area contributed by atoms with E-state index in [0.29, 0.717) is 21.9 Å². The summed E-state index contributed by atoms with van der Waals surface area (Å²) in [6.45, 7) is 1.98. The lowest BCUT2D eigenvalue weighted by Crippen LogP contribution is -2.30. The molecule has 108 valence electrons. The number of hydrogen-bond donors (Lipinski definition) is 2. The fraction of sp³-hybridized carbons (Fsp3) is 0.125. The van der Waals surface area contributed by atoms with E-state index in [1.54, 1.807) is 36.6 Å². The molecule has 2 rings (SSSR count). The highest BCUT2D eigenvalue weighted by Crippen LogP contribution is 2.15. The monoisotopic (exact) mass is 300 g/mol. The zero-order valence-corrected chi connectivity index (χ0v) is 12.4. The first-order chi connectivity index (χ1) is 10.1. The van der Waals surface area contributed by atoms with Crippen LogP contribution in [0, 0.1) is 6.92 Å². The number of carbonyl (C=O) groups is 1. The molecule has 0 aliphatic carbocycles. The van der Waals surface area contributed by atoms with Crippen LogP contribution in [0.5, 0.6) is 0 Å². The van der Waals surface area contributed by atoms with Gasteiger partial charge in [0.15, 0.2) is 5.78 Å². The summed E-state index contributed by atoms with van der Waals surface area (Å²) >= 11 is 5.14. The minimum Gasteiger partial charge on any atom is -0.465 e. The van der Waals surface area contributed by atoms with Gasteiger partial charge in [0.25, 0.3) is 0 Å². The maximum atomic E-state index is 12.3. The van der Waals surface area contributed by atoms with E-state index >= 15 is 0 Å². The van der Waals surface area contributed by atoms with E-state index in [2.05, 4.69) is 5.43 Å². The molecule has 0 saturated carbocycles. The van der Waals surface area contributed by atoms with Crippen molar-refractivity contribution in [1.29, 1.82) is 0 Å². The van der Waals surface area contributed by atoms with Crippen molar-refractivity contribution in [2.75, 3.05) is 0 Å². The van der Waals surface area contributed by atoms with Crippen molar-refractivity contribution in [1.82, 2.24) is 5.43 Å². The van der Waals surface area contributed by atoms with Gasteiger partial charge in [0, 0.05) is 12.0 Å². The second kappa shape index (κ2) is 6.97. The van der Waals surface area contributed by atoms with Crippen LogP contribution >= 0.6 is 12.2 Å². The molecule has 0 saturated heterocycles. The van der Waals surface area contributed by atoms with Gasteiger partial charge in [0.1, 0.15) is 10.7 Å². The molecule has 0 amide bonds. The molecule has 1 aromatic carbocycles. The lowest BCUT2D eigenvalue weighted by Gasteiger charge is -2.08. The van der Waals surface area contributed by atoms with Crippen LogP contribution in [0.4, 0.5) is 0 Å². The number of aryl methyl sites for hydroxylation is 1. The van der Waals surface area contributed by atoms with Crippen LogP contribution in [-0.2, 0) is 0 Å². The lowest BCUT2D eigenvalue weighted by molar-refractivity contribution is 0.0994. The van der Waals surface area contributed by atoms with E-state index < -0.39 is 0 Å². The van der Waals surface area contributed by atoms with Crippen LogP contribution < -0.4 is 11.3 Å². The summed E-state index contributed by atoms with van der Waals surface area (Å²) in [6.07, 6.45) is 3.44. The number of benzene rings is 1. The van der Waals surface area contributed by atoms with Crippen LogP contribution in [-0.4, -0.2) is 10.8 Å². The third kappa shape index (κ3) is 4.11. The molecule has 4 nitrogen and oxygen atoms in total. The van der Waals surface area contributed by atoms with Gasteiger partial charge in [-0.2, -0.15) is 0 Å². The number of carbonyl (C=O) groups excluding carboxylic acids is 1. The number of Topliss-reactive ketones (excluding diaryl/α,β-unsaturated/α-hetero) is 1. The third-order valence-electron chi connectivity index (χ3n) is 3.01. The van der Waals surface area contributed by atoms with E-state index in [-0.39, 0.29) is 12.2 Å².